The average molecular weight is 812 g/mol. The SMILES string of the molecule is CCOCOc1c(C23CC4CC(CC(C4)C2)C3)csc1-c1ccccc1-c1cccc(-c2ccccc2-c2scc(C34CC5CC(CC(C5)C3)C4)c2OCOCC)n1. The quantitative estimate of drug-likeness (QED) is 0.0826. The van der Waals surface area contributed by atoms with Gasteiger partial charge in [0.1, 0.15) is 11.5 Å². The van der Waals surface area contributed by atoms with E-state index in [2.05, 4.69) is 77.5 Å². The standard InChI is InChI=1S/C51H57NO4S2/c1-3-53-30-55-46-42(50-22-32-16-33(23-50)18-34(17-32)24-50)28-57-48(46)40-12-7-5-10-38(40)44-14-9-15-45(52-44)39-11-6-8-13-41(39)49-47(56-31-54-4-2)43(29-58-49)51-25-35-19-36(26-51)21-37(20-35)27-51/h5-15,28-29,32-37H,3-4,16-27,30-31H2,1-2H3. The van der Waals surface area contributed by atoms with Crippen molar-refractivity contribution in [3.8, 4) is 54.9 Å². The third-order valence-corrected chi connectivity index (χ3v) is 17.3. The molecule has 58 heavy (non-hydrogen) atoms. The van der Waals surface area contributed by atoms with Crippen LogP contribution < -0.4 is 9.47 Å². The molecule has 302 valence electrons. The molecule has 8 aliphatic carbocycles. The van der Waals surface area contributed by atoms with Gasteiger partial charge in [0, 0.05) is 57.4 Å². The molecule has 8 aliphatic rings. The van der Waals surface area contributed by atoms with Gasteiger partial charge in [-0.15, -0.1) is 22.7 Å². The van der Waals surface area contributed by atoms with Crippen molar-refractivity contribution in [2.75, 3.05) is 26.8 Å². The van der Waals surface area contributed by atoms with Crippen molar-refractivity contribution in [2.24, 2.45) is 35.5 Å². The summed E-state index contributed by atoms with van der Waals surface area (Å²) < 4.78 is 25.1. The maximum absolute atomic E-state index is 6.71. The first-order valence-corrected chi connectivity index (χ1v) is 24.1. The lowest BCUT2D eigenvalue weighted by Crippen LogP contribution is -2.48. The molecule has 3 heterocycles. The molecule has 0 amide bonds. The first-order chi connectivity index (χ1) is 28.5. The summed E-state index contributed by atoms with van der Waals surface area (Å²) in [5.74, 6) is 7.26. The molecule has 7 heteroatoms. The lowest BCUT2D eigenvalue weighted by Gasteiger charge is -2.57. The Morgan fingerprint density at radius 2 is 0.862 bits per heavy atom. The zero-order valence-electron chi connectivity index (χ0n) is 34.2. The van der Waals surface area contributed by atoms with Crippen molar-refractivity contribution in [3.63, 3.8) is 0 Å². The maximum Gasteiger partial charge on any atom is 0.189 e. The Morgan fingerprint density at radius 3 is 1.22 bits per heavy atom. The second kappa shape index (κ2) is 15.2. The average Bonchev–Trinajstić information content (AvgIpc) is 3.86. The number of pyridine rings is 1. The van der Waals surface area contributed by atoms with Crippen LogP contribution in [-0.4, -0.2) is 31.8 Å². The van der Waals surface area contributed by atoms with Gasteiger partial charge in [-0.3, -0.25) is 0 Å². The van der Waals surface area contributed by atoms with E-state index in [1.807, 2.05) is 36.5 Å². The van der Waals surface area contributed by atoms with E-state index in [0.717, 1.165) is 69.5 Å². The molecule has 3 aromatic heterocycles. The van der Waals surface area contributed by atoms with Crippen LogP contribution in [0.5, 0.6) is 11.5 Å². The van der Waals surface area contributed by atoms with E-state index >= 15 is 0 Å². The number of nitrogens with zero attached hydrogens (tertiary/aromatic N) is 1. The molecule has 0 atom stereocenters. The molecule has 13 rings (SSSR count). The summed E-state index contributed by atoms with van der Waals surface area (Å²) in [7, 11) is 0. The summed E-state index contributed by atoms with van der Waals surface area (Å²) >= 11 is 3.69. The van der Waals surface area contributed by atoms with Gasteiger partial charge in [-0.25, -0.2) is 4.98 Å². The smallest absolute Gasteiger partial charge is 0.189 e. The van der Waals surface area contributed by atoms with Crippen molar-refractivity contribution in [1.82, 2.24) is 4.98 Å². The molecule has 8 fully saturated rings. The predicted octanol–water partition coefficient (Wildman–Crippen LogP) is 13.6. The Kier molecular flexibility index (Phi) is 9.83. The van der Waals surface area contributed by atoms with Crippen molar-refractivity contribution in [1.29, 1.82) is 0 Å². The monoisotopic (exact) mass is 811 g/mol. The third-order valence-electron chi connectivity index (χ3n) is 15.3. The van der Waals surface area contributed by atoms with Gasteiger partial charge in [-0.05, 0) is 149 Å². The minimum absolute atomic E-state index is 0.227. The molecule has 0 aliphatic heterocycles. The molecule has 8 saturated carbocycles. The number of rotatable bonds is 14. The van der Waals surface area contributed by atoms with Crippen molar-refractivity contribution >= 4 is 22.7 Å². The zero-order chi connectivity index (χ0) is 38.8. The number of hydrogen-bond donors (Lipinski definition) is 0. The molecule has 5 nitrogen and oxygen atoms in total. The molecular weight excluding hydrogens is 755 g/mol. The Hall–Kier alpha value is -3.49. The third kappa shape index (κ3) is 6.49. The Bertz CT molecular complexity index is 2060. The highest BCUT2D eigenvalue weighted by atomic mass is 32.1. The number of hydrogen-bond acceptors (Lipinski definition) is 7. The van der Waals surface area contributed by atoms with E-state index < -0.39 is 0 Å². The normalized spacial score (nSPS) is 30.3. The summed E-state index contributed by atoms with van der Waals surface area (Å²) in [5.41, 5.74) is 9.87. The van der Waals surface area contributed by atoms with Gasteiger partial charge in [-0.1, -0.05) is 54.6 Å². The summed E-state index contributed by atoms with van der Waals surface area (Å²) in [6, 6.07) is 24.1. The minimum Gasteiger partial charge on any atom is -0.466 e. The highest BCUT2D eigenvalue weighted by Gasteiger charge is 2.54. The van der Waals surface area contributed by atoms with Crippen LogP contribution in [0.2, 0.25) is 0 Å². The highest BCUT2D eigenvalue weighted by molar-refractivity contribution is 7.14. The van der Waals surface area contributed by atoms with Crippen LogP contribution in [0.25, 0.3) is 43.4 Å². The summed E-state index contributed by atoms with van der Waals surface area (Å²) in [5, 5.41) is 4.90. The van der Waals surface area contributed by atoms with Gasteiger partial charge in [0.05, 0.1) is 21.1 Å². The molecule has 5 aromatic rings. The van der Waals surface area contributed by atoms with Crippen LogP contribution in [0.4, 0.5) is 0 Å². The van der Waals surface area contributed by atoms with Gasteiger partial charge in [0.25, 0.3) is 0 Å². The molecule has 0 saturated heterocycles. The van der Waals surface area contributed by atoms with Crippen LogP contribution in [0, 0.1) is 35.5 Å². The van der Waals surface area contributed by atoms with Crippen LogP contribution in [0.15, 0.2) is 77.5 Å². The van der Waals surface area contributed by atoms with E-state index in [1.165, 1.54) is 109 Å². The lowest BCUT2D eigenvalue weighted by molar-refractivity contribution is -0.0107. The van der Waals surface area contributed by atoms with Crippen LogP contribution in [0.3, 0.4) is 0 Å². The van der Waals surface area contributed by atoms with Gasteiger partial charge in [0.15, 0.2) is 13.6 Å². The van der Waals surface area contributed by atoms with Crippen molar-refractivity contribution in [3.05, 3.63) is 88.6 Å². The molecule has 2 aromatic carbocycles. The van der Waals surface area contributed by atoms with Crippen LogP contribution >= 0.6 is 22.7 Å². The fourth-order valence-corrected chi connectivity index (χ4v) is 16.2. The first kappa shape index (κ1) is 37.5. The van der Waals surface area contributed by atoms with Gasteiger partial charge < -0.3 is 18.9 Å². The largest absolute Gasteiger partial charge is 0.466 e. The summed E-state index contributed by atoms with van der Waals surface area (Å²) in [6.07, 6.45) is 16.4. The van der Waals surface area contributed by atoms with Gasteiger partial charge in [0.2, 0.25) is 0 Å². The number of aromatic nitrogens is 1. The number of thiophene rings is 2. The van der Waals surface area contributed by atoms with Crippen LogP contribution in [0.1, 0.15) is 102 Å². The second-order valence-corrected chi connectivity index (χ2v) is 20.8. The number of ether oxygens (including phenoxy) is 4. The Balaban J connectivity index is 0.971. The van der Waals surface area contributed by atoms with E-state index in [0.29, 0.717) is 13.2 Å². The molecule has 8 bridgehead atoms. The first-order valence-electron chi connectivity index (χ1n) is 22.3. The fraction of sp³-hybridized carbons (Fsp3) is 0.510. The molecular formula is C51H57NO4S2. The minimum atomic E-state index is 0.227. The van der Waals surface area contributed by atoms with Gasteiger partial charge in [-0.2, -0.15) is 0 Å². The van der Waals surface area contributed by atoms with Crippen molar-refractivity contribution in [2.45, 2.75) is 102 Å². The summed E-state index contributed by atoms with van der Waals surface area (Å²) in [4.78, 5) is 7.89. The van der Waals surface area contributed by atoms with E-state index in [1.54, 1.807) is 0 Å². The molecule has 0 unspecified atom stereocenters. The second-order valence-electron chi connectivity index (χ2n) is 19.0. The highest BCUT2D eigenvalue weighted by Crippen LogP contribution is 2.65. The Labute approximate surface area is 352 Å². The van der Waals surface area contributed by atoms with E-state index in [4.69, 9.17) is 23.9 Å². The summed E-state index contributed by atoms with van der Waals surface area (Å²) in [6.45, 7) is 5.90. The van der Waals surface area contributed by atoms with E-state index in [9.17, 15) is 0 Å². The predicted molar refractivity (Wildman–Crippen MR) is 236 cm³/mol. The van der Waals surface area contributed by atoms with Crippen LogP contribution in [-0.2, 0) is 20.3 Å². The fourth-order valence-electron chi connectivity index (χ4n) is 13.9. The zero-order valence-corrected chi connectivity index (χ0v) is 35.8. The van der Waals surface area contributed by atoms with E-state index in [-0.39, 0.29) is 24.4 Å². The lowest BCUT2D eigenvalue weighted by atomic mass is 9.48. The molecule has 0 radical (unpaired) electrons. The number of benzene rings is 2. The topological polar surface area (TPSA) is 49.8 Å². The maximum atomic E-state index is 6.71. The molecule has 0 spiro atoms. The van der Waals surface area contributed by atoms with Gasteiger partial charge >= 0.3 is 0 Å². The van der Waals surface area contributed by atoms with Crippen molar-refractivity contribution < 1.29 is 18.9 Å². The molecule has 0 N–H and O–H groups in total. The Morgan fingerprint density at radius 1 is 0.500 bits per heavy atom.